The lowest BCUT2D eigenvalue weighted by Crippen LogP contribution is -2.14. The van der Waals surface area contributed by atoms with Crippen molar-refractivity contribution in [3.8, 4) is 0 Å². The van der Waals surface area contributed by atoms with E-state index in [0.29, 0.717) is 5.56 Å². The monoisotopic (exact) mass is 277 g/mol. The van der Waals surface area contributed by atoms with E-state index in [-0.39, 0.29) is 10.7 Å². The number of rotatable bonds is 3. The molecule has 98 valence electrons. The molecule has 0 bridgehead atoms. The molecule has 2 rings (SSSR count). The molecule has 6 nitrogen and oxygen atoms in total. The molecule has 2 heterocycles. The van der Waals surface area contributed by atoms with Crippen molar-refractivity contribution >= 4 is 22.7 Å². The molecule has 0 saturated carbocycles. The summed E-state index contributed by atoms with van der Waals surface area (Å²) in [5, 5.41) is 2.45. The van der Waals surface area contributed by atoms with Crippen LogP contribution in [0.2, 0.25) is 0 Å². The smallest absolute Gasteiger partial charge is 0.257 e. The quantitative estimate of drug-likeness (QED) is 0.832. The topological polar surface area (TPSA) is 92.2 Å². The molecule has 7 heteroatoms. The summed E-state index contributed by atoms with van der Waals surface area (Å²) in [5.41, 5.74) is 1.43. The molecular weight excluding hydrogens is 266 g/mol. The minimum atomic E-state index is -2.26. The van der Waals surface area contributed by atoms with Crippen molar-refractivity contribution in [2.24, 2.45) is 0 Å². The number of hydrogen-bond acceptors (Lipinski definition) is 4. The molecule has 0 aromatic carbocycles. The molecule has 0 aliphatic heterocycles. The zero-order valence-electron chi connectivity index (χ0n) is 10.0. The summed E-state index contributed by atoms with van der Waals surface area (Å²) in [6, 6.07) is 4.76. The number of anilines is 1. The third-order valence-electron chi connectivity index (χ3n) is 2.32. The minimum Gasteiger partial charge on any atom is -0.319 e. The van der Waals surface area contributed by atoms with Gasteiger partial charge in [0.25, 0.3) is 5.91 Å². The van der Waals surface area contributed by atoms with Crippen LogP contribution in [0.25, 0.3) is 0 Å². The number of pyridine rings is 2. The fourth-order valence-corrected chi connectivity index (χ4v) is 1.96. The third kappa shape index (κ3) is 3.21. The molecule has 0 spiro atoms. The molecule has 2 N–H and O–H groups in total. The maximum absolute atomic E-state index is 12.0. The normalized spacial score (nSPS) is 11.9. The van der Waals surface area contributed by atoms with Gasteiger partial charge in [0.2, 0.25) is 11.1 Å². The second-order valence-corrected chi connectivity index (χ2v) is 4.70. The van der Waals surface area contributed by atoms with Crippen molar-refractivity contribution in [3.63, 3.8) is 0 Å². The van der Waals surface area contributed by atoms with Crippen LogP contribution >= 0.6 is 0 Å². The fraction of sp³-hybridized carbons (Fsp3) is 0.0833. The molecule has 1 atom stereocenters. The van der Waals surface area contributed by atoms with Crippen molar-refractivity contribution in [2.75, 3.05) is 5.32 Å². The Bertz CT molecular complexity index is 646. The second-order valence-electron chi connectivity index (χ2n) is 3.81. The van der Waals surface area contributed by atoms with Crippen LogP contribution in [-0.2, 0) is 11.1 Å². The maximum Gasteiger partial charge on any atom is 0.257 e. The van der Waals surface area contributed by atoms with Crippen LogP contribution in [0.1, 0.15) is 15.9 Å². The molecule has 0 radical (unpaired) electrons. The zero-order chi connectivity index (χ0) is 13.8. The zero-order valence-corrected chi connectivity index (χ0v) is 10.8. The van der Waals surface area contributed by atoms with Gasteiger partial charge in [-0.3, -0.25) is 9.78 Å². The van der Waals surface area contributed by atoms with Gasteiger partial charge in [0, 0.05) is 18.6 Å². The molecule has 1 amide bonds. The average molecular weight is 277 g/mol. The highest BCUT2D eigenvalue weighted by atomic mass is 32.2. The van der Waals surface area contributed by atoms with E-state index in [9.17, 15) is 9.00 Å². The molecule has 2 aromatic heterocycles. The van der Waals surface area contributed by atoms with E-state index < -0.39 is 17.0 Å². The summed E-state index contributed by atoms with van der Waals surface area (Å²) in [7, 11) is 0. The van der Waals surface area contributed by atoms with Gasteiger partial charge in [-0.25, -0.2) is 9.19 Å². The largest absolute Gasteiger partial charge is 0.319 e. The summed E-state index contributed by atoms with van der Waals surface area (Å²) in [6.45, 7) is 1.82. The summed E-state index contributed by atoms with van der Waals surface area (Å²) >= 11 is -2.26. The maximum atomic E-state index is 12.0. The lowest BCUT2D eigenvalue weighted by Gasteiger charge is -2.07. The van der Waals surface area contributed by atoms with Crippen molar-refractivity contribution in [1.82, 2.24) is 9.97 Å². The first-order valence-electron chi connectivity index (χ1n) is 5.37. The van der Waals surface area contributed by atoms with E-state index in [2.05, 4.69) is 15.3 Å². The number of carbonyl (C=O) groups is 1. The molecule has 19 heavy (non-hydrogen) atoms. The van der Waals surface area contributed by atoms with Gasteiger partial charge in [0.1, 0.15) is 0 Å². The lowest BCUT2D eigenvalue weighted by molar-refractivity contribution is 0.102. The van der Waals surface area contributed by atoms with Gasteiger partial charge in [0.15, 0.2) is 5.03 Å². The first kappa shape index (κ1) is 13.3. The first-order chi connectivity index (χ1) is 9.08. The first-order valence-corrected chi connectivity index (χ1v) is 6.47. The fourth-order valence-electron chi connectivity index (χ4n) is 1.50. The number of aryl methyl sites for hydroxylation is 1. The Morgan fingerprint density at radius 3 is 2.89 bits per heavy atom. The molecule has 0 saturated heterocycles. The SMILES string of the molecule is Cc1cncc(C(=O)Nc2cccnc2S(=O)O)c1. The molecule has 2 aromatic rings. The standard InChI is InChI=1S/C12H11N3O3S/c1-8-5-9(7-13-6-8)11(16)15-10-3-2-4-14-12(10)19(17)18/h2-7H,1H3,(H,15,16)(H,17,18). The van der Waals surface area contributed by atoms with Crippen LogP contribution in [0.15, 0.2) is 41.8 Å². The van der Waals surface area contributed by atoms with Crippen molar-refractivity contribution in [3.05, 3.63) is 47.9 Å². The van der Waals surface area contributed by atoms with Gasteiger partial charge in [0.05, 0.1) is 11.3 Å². The number of nitrogens with zero attached hydrogens (tertiary/aromatic N) is 2. The third-order valence-corrected chi connectivity index (χ3v) is 2.98. The number of carbonyl (C=O) groups excluding carboxylic acids is 1. The van der Waals surface area contributed by atoms with Crippen LogP contribution in [0.3, 0.4) is 0 Å². The lowest BCUT2D eigenvalue weighted by atomic mass is 10.2. The Morgan fingerprint density at radius 2 is 2.21 bits per heavy atom. The number of hydrogen-bond donors (Lipinski definition) is 2. The minimum absolute atomic E-state index is 0.0866. The van der Waals surface area contributed by atoms with Crippen LogP contribution in [0, 0.1) is 6.92 Å². The van der Waals surface area contributed by atoms with E-state index in [0.717, 1.165) is 5.56 Å². The molecule has 0 fully saturated rings. The Hall–Kier alpha value is -2.12. The molecule has 0 aliphatic rings. The van der Waals surface area contributed by atoms with E-state index in [1.165, 1.54) is 18.5 Å². The highest BCUT2D eigenvalue weighted by molar-refractivity contribution is 7.79. The Kier molecular flexibility index (Phi) is 3.98. The van der Waals surface area contributed by atoms with Gasteiger partial charge in [-0.15, -0.1) is 0 Å². The predicted molar refractivity (Wildman–Crippen MR) is 70.2 cm³/mol. The van der Waals surface area contributed by atoms with Gasteiger partial charge in [-0.2, -0.15) is 0 Å². The van der Waals surface area contributed by atoms with Gasteiger partial charge in [-0.05, 0) is 30.7 Å². The van der Waals surface area contributed by atoms with Crippen LogP contribution in [0.4, 0.5) is 5.69 Å². The van der Waals surface area contributed by atoms with Crippen molar-refractivity contribution < 1.29 is 13.6 Å². The Labute approximate surface area is 112 Å². The van der Waals surface area contributed by atoms with Gasteiger partial charge >= 0.3 is 0 Å². The predicted octanol–water partition coefficient (Wildman–Crippen LogP) is 1.62. The van der Waals surface area contributed by atoms with Gasteiger partial charge in [-0.1, -0.05) is 0 Å². The highest BCUT2D eigenvalue weighted by Gasteiger charge is 2.13. The van der Waals surface area contributed by atoms with E-state index in [1.807, 2.05) is 6.92 Å². The van der Waals surface area contributed by atoms with E-state index >= 15 is 0 Å². The summed E-state index contributed by atoms with van der Waals surface area (Å²) in [5.74, 6) is -0.407. The molecule has 1 unspecified atom stereocenters. The number of nitrogens with one attached hydrogen (secondary N) is 1. The Balaban J connectivity index is 2.27. The second kappa shape index (κ2) is 5.68. The van der Waals surface area contributed by atoms with Crippen LogP contribution in [0.5, 0.6) is 0 Å². The molecule has 0 aliphatic carbocycles. The number of aromatic nitrogens is 2. The average Bonchev–Trinajstić information content (AvgIpc) is 2.39. The Morgan fingerprint density at radius 1 is 1.42 bits per heavy atom. The van der Waals surface area contributed by atoms with Crippen LogP contribution in [-0.4, -0.2) is 24.6 Å². The summed E-state index contributed by atoms with van der Waals surface area (Å²) < 4.78 is 20.2. The highest BCUT2D eigenvalue weighted by Crippen LogP contribution is 2.16. The van der Waals surface area contributed by atoms with Crippen molar-refractivity contribution in [1.29, 1.82) is 0 Å². The van der Waals surface area contributed by atoms with E-state index in [1.54, 1.807) is 18.3 Å². The van der Waals surface area contributed by atoms with Crippen LogP contribution < -0.4 is 5.32 Å². The summed E-state index contributed by atoms with van der Waals surface area (Å²) in [6.07, 6.45) is 4.44. The van der Waals surface area contributed by atoms with E-state index in [4.69, 9.17) is 4.55 Å². The molecular formula is C12H11N3O3S. The van der Waals surface area contributed by atoms with Crippen molar-refractivity contribution in [2.45, 2.75) is 11.9 Å². The summed E-state index contributed by atoms with van der Waals surface area (Å²) in [4.78, 5) is 19.7. The number of amides is 1. The van der Waals surface area contributed by atoms with Gasteiger partial charge < -0.3 is 9.87 Å².